The molecule has 0 saturated carbocycles. The average molecular weight is 266 g/mol. The van der Waals surface area contributed by atoms with Crippen molar-refractivity contribution in [2.45, 2.75) is 13.0 Å². The first-order chi connectivity index (χ1) is 9.56. The first kappa shape index (κ1) is 11.2. The normalized spacial score (nSPS) is 22.0. The summed E-state index contributed by atoms with van der Waals surface area (Å²) in [7, 11) is 1.70. The standard InChI is InChI=1S/C14H10N4O2/c1-6-5-9-11(17-13(19)15-9)10-7(6)3-4-8-12(10)18(2)14(20)16-8/h3-5,12H,1-2H3. The number of aryl methyl sites for hydroxylation is 1. The van der Waals surface area contributed by atoms with Crippen molar-refractivity contribution in [3.05, 3.63) is 39.5 Å². The van der Waals surface area contributed by atoms with Gasteiger partial charge >= 0.3 is 12.1 Å². The van der Waals surface area contributed by atoms with Crippen LogP contribution in [-0.2, 0) is 0 Å². The molecule has 0 N–H and O–H groups in total. The van der Waals surface area contributed by atoms with Crippen LogP contribution in [-0.4, -0.2) is 29.7 Å². The molecular formula is C14H10N4O2. The van der Waals surface area contributed by atoms with Crippen LogP contribution in [0.25, 0.3) is 6.08 Å². The van der Waals surface area contributed by atoms with Gasteiger partial charge in [0.15, 0.2) is 0 Å². The van der Waals surface area contributed by atoms with E-state index in [1.807, 2.05) is 25.1 Å². The predicted molar refractivity (Wildman–Crippen MR) is 71.3 cm³/mol. The number of aliphatic imine (C=N–C) groups is 1. The largest absolute Gasteiger partial charge is 0.368 e. The highest BCUT2D eigenvalue weighted by Crippen LogP contribution is 2.33. The lowest BCUT2D eigenvalue weighted by Gasteiger charge is -2.25. The molecule has 6 heteroatoms. The molecule has 0 saturated heterocycles. The van der Waals surface area contributed by atoms with Crippen LogP contribution < -0.4 is 10.7 Å². The number of benzene rings is 1. The summed E-state index contributed by atoms with van der Waals surface area (Å²) in [6.07, 6.45) is 3.77. The van der Waals surface area contributed by atoms with E-state index in [1.165, 1.54) is 0 Å². The maximum Gasteiger partial charge on any atom is 0.368 e. The molecule has 1 aromatic carbocycles. The second-order valence-corrected chi connectivity index (χ2v) is 5.06. The van der Waals surface area contributed by atoms with Crippen LogP contribution in [0.2, 0.25) is 0 Å². The number of carbonyl (C=O) groups is 2. The topological polar surface area (TPSA) is 74.5 Å². The third-order valence-corrected chi connectivity index (χ3v) is 3.88. The Balaban J connectivity index is 2.13. The molecule has 0 spiro atoms. The van der Waals surface area contributed by atoms with Crippen molar-refractivity contribution in [1.82, 2.24) is 4.90 Å². The summed E-state index contributed by atoms with van der Waals surface area (Å²) in [5, 5.41) is 1.15. The number of fused-ring (bicyclic) bond motifs is 5. The number of hydrogen-bond acceptors (Lipinski definition) is 2. The highest BCUT2D eigenvalue weighted by Gasteiger charge is 2.37. The highest BCUT2D eigenvalue weighted by atomic mass is 16.2. The van der Waals surface area contributed by atoms with E-state index < -0.39 is 6.03 Å². The van der Waals surface area contributed by atoms with Gasteiger partial charge in [-0.15, -0.1) is 0 Å². The van der Waals surface area contributed by atoms with Gasteiger partial charge in [-0.1, -0.05) is 6.08 Å². The summed E-state index contributed by atoms with van der Waals surface area (Å²) in [5.74, 6) is 0. The van der Waals surface area contributed by atoms with Gasteiger partial charge < -0.3 is 4.90 Å². The molecule has 2 heterocycles. The van der Waals surface area contributed by atoms with E-state index in [4.69, 9.17) is 0 Å². The van der Waals surface area contributed by atoms with E-state index in [2.05, 4.69) is 15.0 Å². The van der Waals surface area contributed by atoms with E-state index in [0.29, 0.717) is 16.4 Å². The Kier molecular flexibility index (Phi) is 1.95. The molecule has 0 aromatic heterocycles. The van der Waals surface area contributed by atoms with Crippen LogP contribution in [0.15, 0.2) is 27.1 Å². The maximum absolute atomic E-state index is 11.8. The minimum absolute atomic E-state index is 0.277. The van der Waals surface area contributed by atoms with Crippen molar-refractivity contribution >= 4 is 23.8 Å². The zero-order valence-electron chi connectivity index (χ0n) is 10.9. The lowest BCUT2D eigenvalue weighted by Crippen LogP contribution is -2.38. The zero-order chi connectivity index (χ0) is 14.0. The minimum atomic E-state index is -0.493. The van der Waals surface area contributed by atoms with Crippen LogP contribution in [0.1, 0.15) is 22.7 Å². The molecule has 2 aliphatic heterocycles. The number of rotatable bonds is 0. The van der Waals surface area contributed by atoms with Crippen LogP contribution >= 0.6 is 0 Å². The monoisotopic (exact) mass is 266 g/mol. The number of amides is 4. The zero-order valence-corrected chi connectivity index (χ0v) is 10.9. The Morgan fingerprint density at radius 2 is 1.95 bits per heavy atom. The van der Waals surface area contributed by atoms with E-state index in [-0.39, 0.29) is 12.1 Å². The lowest BCUT2D eigenvalue weighted by atomic mass is 9.88. The van der Waals surface area contributed by atoms with Gasteiger partial charge in [0.05, 0.1) is 11.1 Å². The summed E-state index contributed by atoms with van der Waals surface area (Å²) in [4.78, 5) is 36.7. The smallest absolute Gasteiger partial charge is 0.313 e. The van der Waals surface area contributed by atoms with Crippen LogP contribution in [0, 0.1) is 6.92 Å². The van der Waals surface area contributed by atoms with Crippen molar-refractivity contribution in [2.75, 3.05) is 7.05 Å². The van der Waals surface area contributed by atoms with Crippen molar-refractivity contribution in [3.63, 3.8) is 0 Å². The minimum Gasteiger partial charge on any atom is -0.313 e. The molecule has 0 bridgehead atoms. The van der Waals surface area contributed by atoms with Gasteiger partial charge in [-0.3, -0.25) is 0 Å². The summed E-state index contributed by atoms with van der Waals surface area (Å²) < 4.78 is 0. The van der Waals surface area contributed by atoms with Crippen molar-refractivity contribution in [2.24, 2.45) is 15.0 Å². The van der Waals surface area contributed by atoms with Gasteiger partial charge in [-0.2, -0.15) is 15.0 Å². The first-order valence-electron chi connectivity index (χ1n) is 6.24. The van der Waals surface area contributed by atoms with Crippen molar-refractivity contribution < 1.29 is 9.59 Å². The summed E-state index contributed by atoms with van der Waals surface area (Å²) in [6.45, 7) is 1.96. The number of carbonyl (C=O) groups excluding carboxylic acids is 2. The molecule has 1 aromatic rings. The van der Waals surface area contributed by atoms with Gasteiger partial charge in [-0.25, -0.2) is 9.59 Å². The molecule has 1 aliphatic carbocycles. The molecule has 4 amide bonds. The number of nitrogens with zero attached hydrogens (tertiary/aromatic N) is 4. The highest BCUT2D eigenvalue weighted by molar-refractivity contribution is 6.14. The van der Waals surface area contributed by atoms with Crippen molar-refractivity contribution in [3.8, 4) is 0 Å². The molecule has 0 radical (unpaired) electrons. The van der Waals surface area contributed by atoms with Gasteiger partial charge in [0.25, 0.3) is 0 Å². The molecule has 4 rings (SSSR count). The Bertz CT molecular complexity index is 879. The van der Waals surface area contributed by atoms with Gasteiger partial charge in [0.2, 0.25) is 0 Å². The fraction of sp³-hybridized carbons (Fsp3) is 0.214. The Morgan fingerprint density at radius 3 is 2.75 bits per heavy atom. The average Bonchev–Trinajstić information content (AvgIpc) is 2.90. The second kappa shape index (κ2) is 3.47. The van der Waals surface area contributed by atoms with Gasteiger partial charge in [0, 0.05) is 12.6 Å². The Labute approximate surface area is 113 Å². The predicted octanol–water partition coefficient (Wildman–Crippen LogP) is 0.942. The Hall–Kier alpha value is -2.63. The lowest BCUT2D eigenvalue weighted by molar-refractivity contribution is 0.218. The third kappa shape index (κ3) is 1.25. The van der Waals surface area contributed by atoms with Crippen molar-refractivity contribution in [1.29, 1.82) is 0 Å². The summed E-state index contributed by atoms with van der Waals surface area (Å²) in [6, 6.07) is 0.805. The van der Waals surface area contributed by atoms with E-state index in [9.17, 15) is 9.59 Å². The third-order valence-electron chi connectivity index (χ3n) is 3.88. The fourth-order valence-electron chi connectivity index (χ4n) is 2.95. The fourth-order valence-corrected chi connectivity index (χ4v) is 2.95. The maximum atomic E-state index is 11.8. The SMILES string of the molecule is Cc1cc2c(c3c1C=CC1=NC(=O)N(C)C13)=NC(=O)N=2. The molecule has 0 fully saturated rings. The van der Waals surface area contributed by atoms with Gasteiger partial charge in [0.1, 0.15) is 11.4 Å². The summed E-state index contributed by atoms with van der Waals surface area (Å²) >= 11 is 0. The van der Waals surface area contributed by atoms with Crippen LogP contribution in [0.4, 0.5) is 9.59 Å². The molecule has 20 heavy (non-hydrogen) atoms. The van der Waals surface area contributed by atoms with Crippen LogP contribution in [0.5, 0.6) is 0 Å². The first-order valence-corrected chi connectivity index (χ1v) is 6.24. The Morgan fingerprint density at radius 1 is 1.15 bits per heavy atom. The second-order valence-electron chi connectivity index (χ2n) is 5.06. The van der Waals surface area contributed by atoms with Crippen LogP contribution in [0.3, 0.4) is 0 Å². The molecule has 3 aliphatic rings. The van der Waals surface area contributed by atoms with E-state index in [0.717, 1.165) is 16.7 Å². The van der Waals surface area contributed by atoms with Gasteiger partial charge in [-0.05, 0) is 30.2 Å². The molecule has 1 unspecified atom stereocenters. The number of hydrogen-bond donors (Lipinski definition) is 0. The molecule has 1 atom stereocenters. The van der Waals surface area contributed by atoms with E-state index in [1.54, 1.807) is 11.9 Å². The molecule has 98 valence electrons. The molecular weight excluding hydrogens is 256 g/mol. The molecule has 6 nitrogen and oxygen atoms in total. The number of urea groups is 2. The quantitative estimate of drug-likeness (QED) is 0.701. The summed E-state index contributed by atoms with van der Waals surface area (Å²) in [5.41, 5.74) is 3.54. The van der Waals surface area contributed by atoms with E-state index >= 15 is 0 Å².